The minimum atomic E-state index is -0.206. The van der Waals surface area contributed by atoms with Crippen molar-refractivity contribution in [3.05, 3.63) is 36.4 Å². The van der Waals surface area contributed by atoms with Crippen LogP contribution in [0.25, 0.3) is 10.9 Å². The number of urea groups is 1. The number of aromatic nitrogens is 4. The SMILES string of the molecule is O=C(Nc1snc2ccccc12)NC1CCc2ncnn2C1. The Labute approximate surface area is 130 Å². The first-order chi connectivity index (χ1) is 10.8. The highest BCUT2D eigenvalue weighted by Crippen LogP contribution is 2.27. The molecule has 0 saturated heterocycles. The summed E-state index contributed by atoms with van der Waals surface area (Å²) in [4.78, 5) is 16.4. The van der Waals surface area contributed by atoms with Crippen LogP contribution in [0.1, 0.15) is 12.2 Å². The number of carbonyl (C=O) groups excluding carboxylic acids is 1. The molecule has 1 aliphatic heterocycles. The summed E-state index contributed by atoms with van der Waals surface area (Å²) in [6.45, 7) is 0.659. The average Bonchev–Trinajstić information content (AvgIpc) is 3.14. The van der Waals surface area contributed by atoms with E-state index in [0.29, 0.717) is 6.54 Å². The first kappa shape index (κ1) is 13.2. The molecule has 2 N–H and O–H groups in total. The van der Waals surface area contributed by atoms with E-state index in [1.165, 1.54) is 11.5 Å². The Kier molecular flexibility index (Phi) is 3.23. The van der Waals surface area contributed by atoms with Gasteiger partial charge in [0.1, 0.15) is 17.2 Å². The molecule has 4 rings (SSSR count). The maximum atomic E-state index is 12.2. The van der Waals surface area contributed by atoms with E-state index in [1.54, 1.807) is 6.33 Å². The lowest BCUT2D eigenvalue weighted by Crippen LogP contribution is -2.43. The van der Waals surface area contributed by atoms with Crippen molar-refractivity contribution in [3.8, 4) is 0 Å². The monoisotopic (exact) mass is 314 g/mol. The second kappa shape index (κ2) is 5.38. The summed E-state index contributed by atoms with van der Waals surface area (Å²) in [5.74, 6) is 0.979. The van der Waals surface area contributed by atoms with Gasteiger partial charge in [-0.2, -0.15) is 9.47 Å². The topological polar surface area (TPSA) is 84.7 Å². The highest BCUT2D eigenvalue weighted by atomic mass is 32.1. The summed E-state index contributed by atoms with van der Waals surface area (Å²) in [5, 5.41) is 11.8. The van der Waals surface area contributed by atoms with E-state index in [2.05, 4.69) is 25.1 Å². The van der Waals surface area contributed by atoms with Crippen molar-refractivity contribution in [3.63, 3.8) is 0 Å². The van der Waals surface area contributed by atoms with Gasteiger partial charge in [0.25, 0.3) is 0 Å². The van der Waals surface area contributed by atoms with Crippen LogP contribution in [0.5, 0.6) is 0 Å². The lowest BCUT2D eigenvalue weighted by atomic mass is 10.1. The van der Waals surface area contributed by atoms with E-state index in [1.807, 2.05) is 28.9 Å². The van der Waals surface area contributed by atoms with Crippen LogP contribution in [0, 0.1) is 0 Å². The number of aryl methyl sites for hydroxylation is 1. The van der Waals surface area contributed by atoms with Crippen molar-refractivity contribution < 1.29 is 4.79 Å². The molecule has 0 bridgehead atoms. The largest absolute Gasteiger partial charge is 0.333 e. The molecule has 1 atom stereocenters. The molecular formula is C14H14N6OS. The van der Waals surface area contributed by atoms with E-state index >= 15 is 0 Å². The zero-order chi connectivity index (χ0) is 14.9. The van der Waals surface area contributed by atoms with E-state index in [-0.39, 0.29) is 12.1 Å². The zero-order valence-corrected chi connectivity index (χ0v) is 12.5. The molecular weight excluding hydrogens is 300 g/mol. The van der Waals surface area contributed by atoms with Crippen molar-refractivity contribution in [1.29, 1.82) is 0 Å². The smallest absolute Gasteiger partial charge is 0.320 e. The summed E-state index contributed by atoms with van der Waals surface area (Å²) in [7, 11) is 0. The highest BCUT2D eigenvalue weighted by molar-refractivity contribution is 7.12. The van der Waals surface area contributed by atoms with E-state index in [0.717, 1.165) is 34.6 Å². The predicted octanol–water partition coefficient (Wildman–Crippen LogP) is 2.02. The van der Waals surface area contributed by atoms with Gasteiger partial charge >= 0.3 is 6.03 Å². The zero-order valence-electron chi connectivity index (χ0n) is 11.7. The number of nitrogens with one attached hydrogen (secondary N) is 2. The molecule has 7 nitrogen and oxygen atoms in total. The van der Waals surface area contributed by atoms with Crippen molar-refractivity contribution in [2.24, 2.45) is 0 Å². The average molecular weight is 314 g/mol. The first-order valence-electron chi connectivity index (χ1n) is 7.08. The van der Waals surface area contributed by atoms with Crippen molar-refractivity contribution >= 4 is 33.5 Å². The van der Waals surface area contributed by atoms with Crippen LogP contribution in [0.3, 0.4) is 0 Å². The number of hydrogen-bond acceptors (Lipinski definition) is 5. The number of benzene rings is 1. The third-order valence-corrected chi connectivity index (χ3v) is 4.54. The maximum Gasteiger partial charge on any atom is 0.320 e. The fraction of sp³-hybridized carbons (Fsp3) is 0.286. The molecule has 22 heavy (non-hydrogen) atoms. The van der Waals surface area contributed by atoms with Crippen molar-refractivity contribution in [2.75, 3.05) is 5.32 Å². The van der Waals surface area contributed by atoms with Gasteiger partial charge in [-0.1, -0.05) is 12.1 Å². The summed E-state index contributed by atoms with van der Waals surface area (Å²) < 4.78 is 6.16. The summed E-state index contributed by atoms with van der Waals surface area (Å²) in [6, 6.07) is 7.62. The molecule has 1 aliphatic rings. The fourth-order valence-corrected chi connectivity index (χ4v) is 3.42. The van der Waals surface area contributed by atoms with Gasteiger partial charge in [-0.05, 0) is 30.1 Å². The van der Waals surface area contributed by atoms with Crippen LogP contribution in [0.4, 0.5) is 9.80 Å². The Morgan fingerprint density at radius 1 is 1.36 bits per heavy atom. The van der Waals surface area contributed by atoms with Gasteiger partial charge in [-0.15, -0.1) is 0 Å². The molecule has 1 aromatic carbocycles. The molecule has 3 heterocycles. The molecule has 112 valence electrons. The van der Waals surface area contributed by atoms with Crippen LogP contribution in [0.15, 0.2) is 30.6 Å². The molecule has 0 saturated carbocycles. The molecule has 0 radical (unpaired) electrons. The number of nitrogens with zero attached hydrogens (tertiary/aromatic N) is 4. The number of fused-ring (bicyclic) bond motifs is 2. The van der Waals surface area contributed by atoms with Gasteiger partial charge < -0.3 is 5.32 Å². The van der Waals surface area contributed by atoms with Crippen molar-refractivity contribution in [1.82, 2.24) is 24.5 Å². The van der Waals surface area contributed by atoms with E-state index in [4.69, 9.17) is 0 Å². The number of rotatable bonds is 2. The molecule has 1 unspecified atom stereocenters. The van der Waals surface area contributed by atoms with Crippen LogP contribution in [0.2, 0.25) is 0 Å². The second-order valence-electron chi connectivity index (χ2n) is 5.22. The van der Waals surface area contributed by atoms with Gasteiger partial charge in [0.2, 0.25) is 0 Å². The minimum absolute atomic E-state index is 0.0633. The Hall–Kier alpha value is -2.48. The van der Waals surface area contributed by atoms with Crippen LogP contribution >= 0.6 is 11.5 Å². The Balaban J connectivity index is 1.43. The Morgan fingerprint density at radius 3 is 3.23 bits per heavy atom. The van der Waals surface area contributed by atoms with E-state index < -0.39 is 0 Å². The highest BCUT2D eigenvalue weighted by Gasteiger charge is 2.21. The first-order valence-corrected chi connectivity index (χ1v) is 7.85. The van der Waals surface area contributed by atoms with Gasteiger partial charge in [0.05, 0.1) is 18.1 Å². The van der Waals surface area contributed by atoms with Crippen LogP contribution in [-0.4, -0.2) is 31.2 Å². The Bertz CT molecular complexity index is 825. The number of carbonyl (C=O) groups is 1. The summed E-state index contributed by atoms with van der Waals surface area (Å²) in [5.41, 5.74) is 0.896. The maximum absolute atomic E-state index is 12.2. The summed E-state index contributed by atoms with van der Waals surface area (Å²) >= 11 is 1.29. The molecule has 8 heteroatoms. The van der Waals surface area contributed by atoms with Gasteiger partial charge in [-0.25, -0.2) is 14.5 Å². The number of anilines is 1. The lowest BCUT2D eigenvalue weighted by Gasteiger charge is -2.23. The number of hydrogen-bond donors (Lipinski definition) is 2. The predicted molar refractivity (Wildman–Crippen MR) is 83.9 cm³/mol. The van der Waals surface area contributed by atoms with Crippen molar-refractivity contribution in [2.45, 2.75) is 25.4 Å². The molecule has 2 amide bonds. The molecule has 0 fully saturated rings. The minimum Gasteiger partial charge on any atom is -0.333 e. The molecule has 0 aliphatic carbocycles. The quantitative estimate of drug-likeness (QED) is 0.758. The fourth-order valence-electron chi connectivity index (χ4n) is 2.66. The molecule has 0 spiro atoms. The van der Waals surface area contributed by atoms with Gasteiger partial charge in [-0.3, -0.25) is 5.32 Å². The third-order valence-electron chi connectivity index (χ3n) is 3.75. The standard InChI is InChI=1S/C14H14N6OS/c21-14(17-9-5-6-12-15-8-16-20(12)7-9)18-13-10-3-1-2-4-11(10)19-22-13/h1-4,8-9H,5-7H2,(H2,17,18,21). The van der Waals surface area contributed by atoms with E-state index in [9.17, 15) is 4.79 Å². The molecule has 3 aromatic rings. The second-order valence-corrected chi connectivity index (χ2v) is 5.99. The Morgan fingerprint density at radius 2 is 2.27 bits per heavy atom. The molecule has 2 aromatic heterocycles. The third kappa shape index (κ3) is 2.41. The number of amides is 2. The van der Waals surface area contributed by atoms with Gasteiger partial charge in [0, 0.05) is 11.8 Å². The normalized spacial score (nSPS) is 17.2. The van der Waals surface area contributed by atoms with Gasteiger partial charge in [0.15, 0.2) is 0 Å². The van der Waals surface area contributed by atoms with Crippen LogP contribution in [-0.2, 0) is 13.0 Å². The summed E-state index contributed by atoms with van der Waals surface area (Å²) in [6.07, 6.45) is 3.26. The lowest BCUT2D eigenvalue weighted by molar-refractivity contribution is 0.243. The van der Waals surface area contributed by atoms with Crippen LogP contribution < -0.4 is 10.6 Å².